The van der Waals surface area contributed by atoms with Crippen LogP contribution < -0.4 is 0 Å². The molecule has 0 aliphatic carbocycles. The molecule has 2 heterocycles. The Kier molecular flexibility index (Phi) is 3.05. The first-order valence-electron chi connectivity index (χ1n) is 4.81. The van der Waals surface area contributed by atoms with Gasteiger partial charge in [0.1, 0.15) is 0 Å². The smallest absolute Gasteiger partial charge is 0.287 e. The highest BCUT2D eigenvalue weighted by Crippen LogP contribution is 2.23. The standard InChI is InChI=1S/C9H10ClNO4S/c10-9(12)7-3-4-8(15-7)16(13,14)11-5-1-2-6-11/h3-4H,1-2,5-6H2. The van der Waals surface area contributed by atoms with Crippen molar-refractivity contribution in [2.75, 3.05) is 13.1 Å². The lowest BCUT2D eigenvalue weighted by Crippen LogP contribution is -2.27. The van der Waals surface area contributed by atoms with E-state index in [9.17, 15) is 13.2 Å². The lowest BCUT2D eigenvalue weighted by Gasteiger charge is -2.12. The van der Waals surface area contributed by atoms with Crippen molar-refractivity contribution in [3.05, 3.63) is 17.9 Å². The molecule has 1 aromatic rings. The zero-order chi connectivity index (χ0) is 11.8. The Hall–Kier alpha value is -0.850. The van der Waals surface area contributed by atoms with E-state index in [1.54, 1.807) is 0 Å². The Bertz CT molecular complexity index is 501. The molecule has 1 aliphatic rings. The SMILES string of the molecule is O=C(Cl)c1ccc(S(=O)(=O)N2CCCC2)o1. The van der Waals surface area contributed by atoms with Crippen molar-refractivity contribution in [2.24, 2.45) is 0 Å². The van der Waals surface area contributed by atoms with E-state index in [0.717, 1.165) is 12.8 Å². The summed E-state index contributed by atoms with van der Waals surface area (Å²) < 4.78 is 30.1. The maximum atomic E-state index is 11.9. The summed E-state index contributed by atoms with van der Waals surface area (Å²) in [4.78, 5) is 10.8. The summed E-state index contributed by atoms with van der Waals surface area (Å²) in [5.74, 6) is -0.153. The second kappa shape index (κ2) is 4.20. The van der Waals surface area contributed by atoms with Crippen molar-refractivity contribution in [1.82, 2.24) is 4.31 Å². The van der Waals surface area contributed by atoms with E-state index in [-0.39, 0.29) is 10.9 Å². The van der Waals surface area contributed by atoms with Crippen LogP contribution in [-0.4, -0.2) is 31.1 Å². The molecule has 1 aliphatic heterocycles. The fraction of sp³-hybridized carbons (Fsp3) is 0.444. The van der Waals surface area contributed by atoms with E-state index in [2.05, 4.69) is 0 Å². The van der Waals surface area contributed by atoms with Crippen molar-refractivity contribution < 1.29 is 17.6 Å². The zero-order valence-electron chi connectivity index (χ0n) is 8.35. The molecule has 0 atom stereocenters. The Morgan fingerprint density at radius 1 is 1.31 bits per heavy atom. The fourth-order valence-corrected chi connectivity index (χ4v) is 3.15. The molecule has 0 spiro atoms. The van der Waals surface area contributed by atoms with Gasteiger partial charge in [-0.2, -0.15) is 4.31 Å². The minimum Gasteiger partial charge on any atom is -0.439 e. The summed E-state index contributed by atoms with van der Waals surface area (Å²) >= 11 is 5.19. The molecule has 7 heteroatoms. The Morgan fingerprint density at radius 3 is 2.44 bits per heavy atom. The Labute approximate surface area is 98.0 Å². The average molecular weight is 264 g/mol. The van der Waals surface area contributed by atoms with Crippen LogP contribution in [0.1, 0.15) is 23.4 Å². The summed E-state index contributed by atoms with van der Waals surface area (Å²) in [6.45, 7) is 0.986. The van der Waals surface area contributed by atoms with E-state index in [4.69, 9.17) is 16.0 Å². The number of sulfonamides is 1. The van der Waals surface area contributed by atoms with E-state index >= 15 is 0 Å². The third kappa shape index (κ3) is 2.00. The molecule has 0 radical (unpaired) electrons. The average Bonchev–Trinajstić information content (AvgIpc) is 2.90. The minimum atomic E-state index is -3.60. The molecule has 1 fully saturated rings. The first-order chi connectivity index (χ1) is 7.51. The van der Waals surface area contributed by atoms with Gasteiger partial charge in [-0.15, -0.1) is 0 Å². The van der Waals surface area contributed by atoms with Gasteiger partial charge in [0.2, 0.25) is 5.09 Å². The molecule has 0 aromatic carbocycles. The van der Waals surface area contributed by atoms with Gasteiger partial charge in [0.05, 0.1) is 0 Å². The first-order valence-corrected chi connectivity index (χ1v) is 6.63. The fourth-order valence-electron chi connectivity index (χ4n) is 1.62. The first kappa shape index (κ1) is 11.6. The number of hydrogen-bond acceptors (Lipinski definition) is 4. The number of hydrogen-bond donors (Lipinski definition) is 0. The topological polar surface area (TPSA) is 67.6 Å². The Balaban J connectivity index is 2.31. The third-order valence-electron chi connectivity index (χ3n) is 2.43. The molecule has 1 saturated heterocycles. The van der Waals surface area contributed by atoms with Crippen molar-refractivity contribution in [3.8, 4) is 0 Å². The van der Waals surface area contributed by atoms with Crippen LogP contribution in [0.15, 0.2) is 21.6 Å². The van der Waals surface area contributed by atoms with Gasteiger partial charge >= 0.3 is 0 Å². The summed E-state index contributed by atoms with van der Waals surface area (Å²) in [7, 11) is -3.60. The third-order valence-corrected chi connectivity index (χ3v) is 4.39. The molecule has 16 heavy (non-hydrogen) atoms. The maximum Gasteiger partial charge on any atom is 0.287 e. The van der Waals surface area contributed by atoms with Gasteiger partial charge in [-0.1, -0.05) is 0 Å². The number of halogens is 1. The number of carbonyl (C=O) groups is 1. The highest BCUT2D eigenvalue weighted by Gasteiger charge is 2.30. The molecule has 2 rings (SSSR count). The lowest BCUT2D eigenvalue weighted by atomic mass is 10.4. The molecule has 0 amide bonds. The normalized spacial score (nSPS) is 17.8. The van der Waals surface area contributed by atoms with Crippen LogP contribution in [0.25, 0.3) is 0 Å². The van der Waals surface area contributed by atoms with E-state index in [1.165, 1.54) is 16.4 Å². The van der Waals surface area contributed by atoms with E-state index in [1.807, 2.05) is 0 Å². The van der Waals surface area contributed by atoms with Gasteiger partial charge in [0.25, 0.3) is 15.3 Å². The van der Waals surface area contributed by atoms with Gasteiger partial charge < -0.3 is 4.42 Å². The number of furan rings is 1. The second-order valence-electron chi connectivity index (χ2n) is 3.50. The van der Waals surface area contributed by atoms with Crippen LogP contribution in [0, 0.1) is 0 Å². The van der Waals surface area contributed by atoms with Crippen molar-refractivity contribution in [2.45, 2.75) is 17.9 Å². The highest BCUT2D eigenvalue weighted by molar-refractivity contribution is 7.89. The molecule has 0 saturated carbocycles. The maximum absolute atomic E-state index is 11.9. The largest absolute Gasteiger partial charge is 0.439 e. The van der Waals surface area contributed by atoms with Crippen LogP contribution in [0.4, 0.5) is 0 Å². The highest BCUT2D eigenvalue weighted by atomic mass is 35.5. The minimum absolute atomic E-state index is 0.153. The molecule has 1 aromatic heterocycles. The van der Waals surface area contributed by atoms with Crippen LogP contribution in [-0.2, 0) is 10.0 Å². The van der Waals surface area contributed by atoms with E-state index in [0.29, 0.717) is 13.1 Å². The van der Waals surface area contributed by atoms with Gasteiger partial charge in [-0.3, -0.25) is 4.79 Å². The zero-order valence-corrected chi connectivity index (χ0v) is 9.92. The van der Waals surface area contributed by atoms with Crippen LogP contribution in [0.3, 0.4) is 0 Å². The molecule has 5 nitrogen and oxygen atoms in total. The van der Waals surface area contributed by atoms with Gasteiger partial charge in [-0.25, -0.2) is 8.42 Å². The van der Waals surface area contributed by atoms with E-state index < -0.39 is 15.3 Å². The van der Waals surface area contributed by atoms with Crippen LogP contribution >= 0.6 is 11.6 Å². The number of nitrogens with zero attached hydrogens (tertiary/aromatic N) is 1. The summed E-state index contributed by atoms with van der Waals surface area (Å²) in [5.41, 5.74) is 0. The molecule has 0 unspecified atom stereocenters. The molecular weight excluding hydrogens is 254 g/mol. The monoisotopic (exact) mass is 263 g/mol. The molecule has 88 valence electrons. The molecule has 0 bridgehead atoms. The molecular formula is C9H10ClNO4S. The quantitative estimate of drug-likeness (QED) is 0.774. The van der Waals surface area contributed by atoms with Crippen molar-refractivity contribution in [1.29, 1.82) is 0 Å². The predicted molar refractivity (Wildman–Crippen MR) is 56.9 cm³/mol. The van der Waals surface area contributed by atoms with Gasteiger partial charge in [0.15, 0.2) is 5.76 Å². The molecule has 0 N–H and O–H groups in total. The van der Waals surface area contributed by atoms with Crippen LogP contribution in [0.5, 0.6) is 0 Å². The Morgan fingerprint density at radius 2 is 1.94 bits per heavy atom. The second-order valence-corrected chi connectivity index (χ2v) is 5.72. The lowest BCUT2D eigenvalue weighted by molar-refractivity contribution is 0.105. The summed E-state index contributed by atoms with van der Waals surface area (Å²) in [6, 6.07) is 2.52. The number of rotatable bonds is 3. The van der Waals surface area contributed by atoms with Gasteiger partial charge in [0, 0.05) is 13.1 Å². The van der Waals surface area contributed by atoms with Crippen molar-refractivity contribution >= 4 is 26.9 Å². The van der Waals surface area contributed by atoms with Gasteiger partial charge in [-0.05, 0) is 36.6 Å². The summed E-state index contributed by atoms with van der Waals surface area (Å²) in [5, 5.41) is -1.03. The van der Waals surface area contributed by atoms with Crippen LogP contribution in [0.2, 0.25) is 0 Å². The number of carbonyl (C=O) groups excluding carboxylic acids is 1. The van der Waals surface area contributed by atoms with Crippen molar-refractivity contribution in [3.63, 3.8) is 0 Å². The predicted octanol–water partition coefficient (Wildman–Crippen LogP) is 1.44. The summed E-state index contributed by atoms with van der Waals surface area (Å²) in [6.07, 6.45) is 1.70.